The van der Waals surface area contributed by atoms with Crippen LogP contribution in [0.15, 0.2) is 42.0 Å². The largest absolute Gasteiger partial charge is 0.380 e. The molecule has 0 amide bonds. The van der Waals surface area contributed by atoms with Gasteiger partial charge in [0.05, 0.1) is 13.2 Å². The van der Waals surface area contributed by atoms with Crippen LogP contribution in [0.1, 0.15) is 19.4 Å². The van der Waals surface area contributed by atoms with Gasteiger partial charge < -0.3 is 15.4 Å². The molecule has 0 aromatic carbocycles. The lowest BCUT2D eigenvalue weighted by Crippen LogP contribution is -2.39. The first-order valence-electron chi connectivity index (χ1n) is 7.86. The van der Waals surface area contributed by atoms with Crippen LogP contribution in [-0.2, 0) is 11.3 Å². The summed E-state index contributed by atoms with van der Waals surface area (Å²) in [5.41, 5.74) is 1.05. The number of aromatic nitrogens is 3. The van der Waals surface area contributed by atoms with E-state index in [-0.39, 0.29) is 24.0 Å². The second-order valence-corrected chi connectivity index (χ2v) is 4.81. The molecule has 2 aromatic heterocycles. The molecule has 2 rings (SSSR count). The molecule has 0 unspecified atom stereocenters. The number of hydrogen-bond acceptors (Lipinski definition) is 4. The first-order chi connectivity index (χ1) is 11.3. The van der Waals surface area contributed by atoms with Crippen LogP contribution >= 0.6 is 24.0 Å². The van der Waals surface area contributed by atoms with E-state index in [9.17, 15) is 0 Å². The van der Waals surface area contributed by atoms with Crippen molar-refractivity contribution >= 4 is 29.9 Å². The van der Waals surface area contributed by atoms with Gasteiger partial charge in [-0.15, -0.1) is 24.0 Å². The molecule has 2 N–H and O–H groups in total. The Morgan fingerprint density at radius 3 is 2.79 bits per heavy atom. The predicted molar refractivity (Wildman–Crippen MR) is 106 cm³/mol. The Morgan fingerprint density at radius 2 is 2.17 bits per heavy atom. The van der Waals surface area contributed by atoms with E-state index < -0.39 is 0 Å². The average Bonchev–Trinajstić information content (AvgIpc) is 3.11. The van der Waals surface area contributed by atoms with Crippen molar-refractivity contribution in [1.82, 2.24) is 25.2 Å². The van der Waals surface area contributed by atoms with E-state index in [0.717, 1.165) is 37.0 Å². The number of ether oxygens (including phenoxy) is 1. The molecule has 0 aliphatic rings. The van der Waals surface area contributed by atoms with Gasteiger partial charge in [0.2, 0.25) is 0 Å². The van der Waals surface area contributed by atoms with Gasteiger partial charge in [-0.2, -0.15) is 0 Å². The molecule has 24 heavy (non-hydrogen) atoms. The molecule has 7 nitrogen and oxygen atoms in total. The van der Waals surface area contributed by atoms with Crippen LogP contribution in [-0.4, -0.2) is 46.8 Å². The lowest BCUT2D eigenvalue weighted by atomic mass is 10.3. The Hall–Kier alpha value is -1.68. The first kappa shape index (κ1) is 20.4. The lowest BCUT2D eigenvalue weighted by molar-refractivity contribution is 0.152. The van der Waals surface area contributed by atoms with Crippen molar-refractivity contribution in [2.75, 3.05) is 26.3 Å². The molecular formula is C16H25IN6O. The quantitative estimate of drug-likeness (QED) is 0.282. The molecule has 0 saturated carbocycles. The van der Waals surface area contributed by atoms with E-state index >= 15 is 0 Å². The zero-order valence-electron chi connectivity index (χ0n) is 14.1. The number of guanidine groups is 1. The fourth-order valence-electron chi connectivity index (χ4n) is 1.96. The van der Waals surface area contributed by atoms with Gasteiger partial charge in [-0.1, -0.05) is 6.07 Å². The Morgan fingerprint density at radius 1 is 1.29 bits per heavy atom. The summed E-state index contributed by atoms with van der Waals surface area (Å²) >= 11 is 0. The van der Waals surface area contributed by atoms with Gasteiger partial charge in [-0.3, -0.25) is 4.57 Å². The van der Waals surface area contributed by atoms with Crippen LogP contribution in [0.25, 0.3) is 5.82 Å². The molecule has 0 atom stereocenters. The van der Waals surface area contributed by atoms with E-state index in [0.29, 0.717) is 13.2 Å². The predicted octanol–water partition coefficient (Wildman–Crippen LogP) is 1.98. The number of nitrogens with zero attached hydrogens (tertiary/aromatic N) is 4. The fraction of sp³-hybridized carbons (Fsp3) is 0.438. The molecule has 0 aliphatic heterocycles. The number of aliphatic imine (C=N–C) groups is 1. The van der Waals surface area contributed by atoms with Gasteiger partial charge in [0.15, 0.2) is 5.96 Å². The van der Waals surface area contributed by atoms with Crippen LogP contribution < -0.4 is 10.6 Å². The zero-order chi connectivity index (χ0) is 16.3. The van der Waals surface area contributed by atoms with E-state index in [4.69, 9.17) is 4.74 Å². The highest BCUT2D eigenvalue weighted by atomic mass is 127. The van der Waals surface area contributed by atoms with Crippen molar-refractivity contribution in [3.63, 3.8) is 0 Å². The summed E-state index contributed by atoms with van der Waals surface area (Å²) in [5.74, 6) is 1.63. The summed E-state index contributed by atoms with van der Waals surface area (Å²) in [7, 11) is 0. The van der Waals surface area contributed by atoms with Crippen LogP contribution in [0, 0.1) is 0 Å². The highest BCUT2D eigenvalue weighted by molar-refractivity contribution is 14.0. The lowest BCUT2D eigenvalue weighted by Gasteiger charge is -2.11. The topological polar surface area (TPSA) is 76.4 Å². The van der Waals surface area contributed by atoms with E-state index in [1.165, 1.54) is 0 Å². The zero-order valence-corrected chi connectivity index (χ0v) is 16.4. The number of halogens is 1. The van der Waals surface area contributed by atoms with Gasteiger partial charge in [0.25, 0.3) is 0 Å². The number of pyridine rings is 1. The van der Waals surface area contributed by atoms with Gasteiger partial charge >= 0.3 is 0 Å². The number of hydrogen-bond donors (Lipinski definition) is 2. The third kappa shape index (κ3) is 6.83. The molecule has 0 fully saturated rings. The minimum Gasteiger partial charge on any atom is -0.380 e. The Kier molecular flexibility index (Phi) is 10.0. The molecule has 0 radical (unpaired) electrons. The SMILES string of the molecule is CCNC(=NCc1ccc(-n2ccnc2)nc1)NCCOCC.I. The molecule has 0 spiro atoms. The molecule has 132 valence electrons. The van der Waals surface area contributed by atoms with Crippen molar-refractivity contribution in [1.29, 1.82) is 0 Å². The van der Waals surface area contributed by atoms with Crippen LogP contribution in [0.5, 0.6) is 0 Å². The molecule has 0 saturated heterocycles. The summed E-state index contributed by atoms with van der Waals surface area (Å²) in [6, 6.07) is 3.98. The van der Waals surface area contributed by atoms with Crippen molar-refractivity contribution in [3.8, 4) is 5.82 Å². The summed E-state index contributed by atoms with van der Waals surface area (Å²) in [6.07, 6.45) is 7.16. The van der Waals surface area contributed by atoms with Gasteiger partial charge in [0.1, 0.15) is 12.1 Å². The standard InChI is InChI=1S/C16H24N6O.HI/c1-3-18-16(19-8-10-23-4-2)21-12-14-5-6-15(20-11-14)22-9-7-17-13-22;/h5-7,9,11,13H,3-4,8,10,12H2,1-2H3,(H2,18,19,21);1H. The average molecular weight is 444 g/mol. The first-order valence-corrected chi connectivity index (χ1v) is 7.86. The molecule has 8 heteroatoms. The normalized spacial score (nSPS) is 11.0. The second-order valence-electron chi connectivity index (χ2n) is 4.81. The van der Waals surface area contributed by atoms with Crippen molar-refractivity contribution < 1.29 is 4.74 Å². The molecule has 0 bridgehead atoms. The molecular weight excluding hydrogens is 419 g/mol. The van der Waals surface area contributed by atoms with Gasteiger partial charge in [-0.05, 0) is 25.5 Å². The van der Waals surface area contributed by atoms with Crippen LogP contribution in [0.3, 0.4) is 0 Å². The van der Waals surface area contributed by atoms with E-state index in [1.54, 1.807) is 12.5 Å². The smallest absolute Gasteiger partial charge is 0.191 e. The summed E-state index contributed by atoms with van der Waals surface area (Å²) < 4.78 is 7.18. The van der Waals surface area contributed by atoms with Crippen molar-refractivity contribution in [2.24, 2.45) is 4.99 Å². The van der Waals surface area contributed by atoms with Gasteiger partial charge in [-0.25, -0.2) is 15.0 Å². The van der Waals surface area contributed by atoms with E-state index in [1.807, 2.05) is 42.9 Å². The summed E-state index contributed by atoms with van der Waals surface area (Å²) in [4.78, 5) is 13.0. The number of nitrogens with one attached hydrogen (secondary N) is 2. The maximum Gasteiger partial charge on any atom is 0.191 e. The molecule has 0 aliphatic carbocycles. The summed E-state index contributed by atoms with van der Waals surface area (Å²) in [5, 5.41) is 6.45. The van der Waals surface area contributed by atoms with Gasteiger partial charge in [0, 0.05) is 38.3 Å². The monoisotopic (exact) mass is 444 g/mol. The van der Waals surface area contributed by atoms with Crippen LogP contribution in [0.4, 0.5) is 0 Å². The van der Waals surface area contributed by atoms with Crippen molar-refractivity contribution in [2.45, 2.75) is 20.4 Å². The summed E-state index contributed by atoms with van der Waals surface area (Å²) in [6.45, 7) is 7.55. The maximum atomic E-state index is 5.31. The highest BCUT2D eigenvalue weighted by Gasteiger charge is 2.00. The Labute approximate surface area is 160 Å². The highest BCUT2D eigenvalue weighted by Crippen LogP contribution is 2.06. The third-order valence-electron chi connectivity index (χ3n) is 3.09. The van der Waals surface area contributed by atoms with E-state index in [2.05, 4.69) is 25.6 Å². The fourth-order valence-corrected chi connectivity index (χ4v) is 1.96. The Bertz CT molecular complexity index is 585. The maximum absolute atomic E-state index is 5.31. The number of rotatable bonds is 8. The second kappa shape index (κ2) is 11.8. The minimum absolute atomic E-state index is 0. The van der Waals surface area contributed by atoms with Crippen LogP contribution in [0.2, 0.25) is 0 Å². The minimum atomic E-state index is 0. The Balaban J connectivity index is 0.00000288. The third-order valence-corrected chi connectivity index (χ3v) is 3.09. The van der Waals surface area contributed by atoms with Crippen molar-refractivity contribution in [3.05, 3.63) is 42.6 Å². The number of imidazole rings is 1. The molecule has 2 aromatic rings. The molecule has 2 heterocycles.